The molecule has 2 amide bonds. The molecule has 2 atom stereocenters. The zero-order chi connectivity index (χ0) is 26.4. The highest BCUT2D eigenvalue weighted by atomic mass is 79.9. The predicted octanol–water partition coefficient (Wildman–Crippen LogP) is 6.15. The number of thioether (sulfide) groups is 1. The summed E-state index contributed by atoms with van der Waals surface area (Å²) < 4.78 is 6.49. The van der Waals surface area contributed by atoms with Gasteiger partial charge in [-0.2, -0.15) is 5.26 Å². The second kappa shape index (κ2) is 12.1. The minimum atomic E-state index is -0.519. The molecular weight excluding hydrogens is 550 g/mol. The molecule has 1 saturated heterocycles. The van der Waals surface area contributed by atoms with Gasteiger partial charge in [-0.25, -0.2) is 0 Å². The first-order valence-corrected chi connectivity index (χ1v) is 13.6. The Balaban J connectivity index is 1.69. The minimum absolute atomic E-state index is 0.0895. The van der Waals surface area contributed by atoms with Gasteiger partial charge < -0.3 is 10.1 Å². The summed E-state index contributed by atoms with van der Waals surface area (Å²) in [6, 6.07) is 26.2. The molecule has 8 heteroatoms. The normalized spacial score (nSPS) is 17.2. The van der Waals surface area contributed by atoms with E-state index in [1.54, 1.807) is 24.3 Å². The van der Waals surface area contributed by atoms with Gasteiger partial charge in [0, 0.05) is 10.2 Å². The number of nitriles is 1. The van der Waals surface area contributed by atoms with Gasteiger partial charge in [0.05, 0.1) is 17.9 Å². The van der Waals surface area contributed by atoms with Crippen LogP contribution in [0.25, 0.3) is 0 Å². The zero-order valence-corrected chi connectivity index (χ0v) is 22.9. The van der Waals surface area contributed by atoms with Crippen molar-refractivity contribution in [2.45, 2.75) is 31.6 Å². The van der Waals surface area contributed by atoms with Gasteiger partial charge >= 0.3 is 0 Å². The van der Waals surface area contributed by atoms with Crippen LogP contribution in [0, 0.1) is 11.3 Å². The number of halogens is 1. The highest BCUT2D eigenvalue weighted by molar-refractivity contribution is 9.10. The number of anilines is 1. The van der Waals surface area contributed by atoms with E-state index in [-0.39, 0.29) is 17.5 Å². The number of carbonyl (C=O) groups excluding carboxylic acids is 2. The standard InChI is InChI=1S/C29H26BrN3O3S/c1-3-36-24-15-13-23(14-16-24)33-28(35)26(17-20-9-11-22(30)12-10-20)37-29(33)25(18-31)27(34)32-19(2)21-7-5-4-6-8-21/h4-16,19,26H,3,17H2,1-2H3,(H,32,34)/b29-25-. The summed E-state index contributed by atoms with van der Waals surface area (Å²) in [5.41, 5.74) is 2.40. The lowest BCUT2D eigenvalue weighted by atomic mass is 10.1. The van der Waals surface area contributed by atoms with Gasteiger partial charge in [0.1, 0.15) is 22.4 Å². The number of amides is 2. The molecule has 0 bridgehead atoms. The fourth-order valence-electron chi connectivity index (χ4n) is 4.01. The van der Waals surface area contributed by atoms with Crippen molar-refractivity contribution in [3.8, 4) is 11.8 Å². The summed E-state index contributed by atoms with van der Waals surface area (Å²) in [6.07, 6.45) is 0.467. The monoisotopic (exact) mass is 575 g/mol. The number of ether oxygens (including phenoxy) is 1. The average Bonchev–Trinajstić information content (AvgIpc) is 3.22. The van der Waals surface area contributed by atoms with E-state index in [0.29, 0.717) is 29.5 Å². The number of hydrogen-bond donors (Lipinski definition) is 1. The quantitative estimate of drug-likeness (QED) is 0.257. The third-order valence-corrected chi connectivity index (χ3v) is 7.68. The SMILES string of the molecule is CCOc1ccc(N2C(=O)C(Cc3ccc(Br)cc3)S/C2=C(/C#N)C(=O)NC(C)c2ccccc2)cc1. The van der Waals surface area contributed by atoms with Crippen LogP contribution in [0.3, 0.4) is 0 Å². The molecular formula is C29H26BrN3O3S. The number of carbonyl (C=O) groups is 2. The van der Waals surface area contributed by atoms with Gasteiger partial charge in [-0.3, -0.25) is 14.5 Å². The Labute approximate surface area is 229 Å². The van der Waals surface area contributed by atoms with E-state index in [1.165, 1.54) is 16.7 Å². The summed E-state index contributed by atoms with van der Waals surface area (Å²) in [6.45, 7) is 4.29. The van der Waals surface area contributed by atoms with Crippen molar-refractivity contribution in [2.24, 2.45) is 0 Å². The molecule has 0 spiro atoms. The average molecular weight is 577 g/mol. The van der Waals surface area contributed by atoms with Crippen LogP contribution < -0.4 is 15.0 Å². The van der Waals surface area contributed by atoms with Crippen LogP contribution in [0.4, 0.5) is 5.69 Å². The Hall–Kier alpha value is -3.54. The highest BCUT2D eigenvalue weighted by Gasteiger charge is 2.41. The van der Waals surface area contributed by atoms with Gasteiger partial charge in [0.2, 0.25) is 5.91 Å². The number of rotatable bonds is 8. The van der Waals surface area contributed by atoms with Crippen LogP contribution in [-0.2, 0) is 16.0 Å². The second-order valence-electron chi connectivity index (χ2n) is 8.44. The third-order valence-electron chi connectivity index (χ3n) is 5.89. The van der Waals surface area contributed by atoms with Crippen molar-refractivity contribution >= 4 is 45.2 Å². The maximum atomic E-state index is 13.7. The molecule has 3 aromatic rings. The Kier molecular flexibility index (Phi) is 8.70. The molecule has 1 aliphatic rings. The van der Waals surface area contributed by atoms with Crippen LogP contribution >= 0.6 is 27.7 Å². The Bertz CT molecular complexity index is 1340. The van der Waals surface area contributed by atoms with Gasteiger partial charge in [-0.1, -0.05) is 70.2 Å². The molecule has 6 nitrogen and oxygen atoms in total. The summed E-state index contributed by atoms with van der Waals surface area (Å²) >= 11 is 4.69. The van der Waals surface area contributed by atoms with E-state index in [9.17, 15) is 14.9 Å². The molecule has 2 unspecified atom stereocenters. The largest absolute Gasteiger partial charge is 0.494 e. The van der Waals surface area contributed by atoms with E-state index >= 15 is 0 Å². The summed E-state index contributed by atoms with van der Waals surface area (Å²) in [7, 11) is 0. The molecule has 4 rings (SSSR count). The molecule has 0 aliphatic carbocycles. The fraction of sp³-hybridized carbons (Fsp3) is 0.207. The molecule has 1 aliphatic heterocycles. The van der Waals surface area contributed by atoms with E-state index < -0.39 is 11.2 Å². The number of benzene rings is 3. The maximum absolute atomic E-state index is 13.7. The lowest BCUT2D eigenvalue weighted by Crippen LogP contribution is -2.32. The summed E-state index contributed by atoms with van der Waals surface area (Å²) in [5.74, 6) is -0.0180. The second-order valence-corrected chi connectivity index (χ2v) is 10.5. The smallest absolute Gasteiger partial charge is 0.265 e. The lowest BCUT2D eigenvalue weighted by Gasteiger charge is -2.20. The first-order chi connectivity index (χ1) is 17.9. The molecule has 188 valence electrons. The molecule has 0 aromatic heterocycles. The van der Waals surface area contributed by atoms with Crippen molar-refractivity contribution in [1.82, 2.24) is 5.32 Å². The Morgan fingerprint density at radius 3 is 2.41 bits per heavy atom. The molecule has 0 radical (unpaired) electrons. The third kappa shape index (κ3) is 6.24. The molecule has 1 heterocycles. The van der Waals surface area contributed by atoms with Crippen LogP contribution in [0.2, 0.25) is 0 Å². The zero-order valence-electron chi connectivity index (χ0n) is 20.5. The van der Waals surface area contributed by atoms with E-state index in [0.717, 1.165) is 15.6 Å². The van der Waals surface area contributed by atoms with Crippen molar-refractivity contribution in [2.75, 3.05) is 11.5 Å². The Morgan fingerprint density at radius 2 is 1.78 bits per heavy atom. The highest BCUT2D eigenvalue weighted by Crippen LogP contribution is 2.42. The van der Waals surface area contributed by atoms with E-state index in [2.05, 4.69) is 27.3 Å². The van der Waals surface area contributed by atoms with Crippen molar-refractivity contribution in [1.29, 1.82) is 5.26 Å². The minimum Gasteiger partial charge on any atom is -0.494 e. The van der Waals surface area contributed by atoms with Crippen molar-refractivity contribution in [3.05, 3.63) is 105 Å². The number of nitrogens with one attached hydrogen (secondary N) is 1. The first kappa shape index (κ1) is 26.5. The molecule has 0 saturated carbocycles. The van der Waals surface area contributed by atoms with Gasteiger partial charge in [0.25, 0.3) is 5.91 Å². The summed E-state index contributed by atoms with van der Waals surface area (Å²) in [5, 5.41) is 12.8. The fourth-order valence-corrected chi connectivity index (χ4v) is 5.58. The van der Waals surface area contributed by atoms with E-state index in [1.807, 2.05) is 68.4 Å². The predicted molar refractivity (Wildman–Crippen MR) is 150 cm³/mol. The van der Waals surface area contributed by atoms with Crippen LogP contribution in [-0.4, -0.2) is 23.7 Å². The van der Waals surface area contributed by atoms with Crippen LogP contribution in [0.5, 0.6) is 5.75 Å². The topological polar surface area (TPSA) is 82.4 Å². The molecule has 3 aromatic carbocycles. The molecule has 37 heavy (non-hydrogen) atoms. The molecule has 1 fully saturated rings. The van der Waals surface area contributed by atoms with Crippen molar-refractivity contribution < 1.29 is 14.3 Å². The van der Waals surface area contributed by atoms with Crippen LogP contribution in [0.1, 0.15) is 31.0 Å². The van der Waals surface area contributed by atoms with Gasteiger partial charge in [-0.15, -0.1) is 0 Å². The molecule has 1 N–H and O–H groups in total. The van der Waals surface area contributed by atoms with Gasteiger partial charge in [0.15, 0.2) is 0 Å². The summed E-state index contributed by atoms with van der Waals surface area (Å²) in [4.78, 5) is 28.5. The van der Waals surface area contributed by atoms with Gasteiger partial charge in [-0.05, 0) is 67.8 Å². The number of nitrogens with zero attached hydrogens (tertiary/aromatic N) is 2. The first-order valence-electron chi connectivity index (χ1n) is 11.9. The maximum Gasteiger partial charge on any atom is 0.265 e. The van der Waals surface area contributed by atoms with Crippen molar-refractivity contribution in [3.63, 3.8) is 0 Å². The van der Waals surface area contributed by atoms with Crippen LogP contribution in [0.15, 0.2) is 93.9 Å². The lowest BCUT2D eigenvalue weighted by molar-refractivity contribution is -0.117. The Morgan fingerprint density at radius 1 is 1.11 bits per heavy atom. The number of hydrogen-bond acceptors (Lipinski definition) is 5. The van der Waals surface area contributed by atoms with E-state index in [4.69, 9.17) is 4.74 Å².